The van der Waals surface area contributed by atoms with E-state index in [1.54, 1.807) is 12.1 Å². The molecule has 4 aromatic rings. The van der Waals surface area contributed by atoms with Crippen molar-refractivity contribution in [2.45, 2.75) is 30.4 Å². The molecule has 5 nitrogen and oxygen atoms in total. The Morgan fingerprint density at radius 1 is 1.03 bits per heavy atom. The smallest absolute Gasteiger partial charge is 0.239 e. The van der Waals surface area contributed by atoms with Gasteiger partial charge in [-0.2, -0.15) is 0 Å². The first-order chi connectivity index (χ1) is 16.9. The predicted molar refractivity (Wildman–Crippen MR) is 146 cm³/mol. The highest BCUT2D eigenvalue weighted by Crippen LogP contribution is 2.29. The maximum Gasteiger partial charge on any atom is 0.239 e. The molecule has 0 bridgehead atoms. The van der Waals surface area contributed by atoms with E-state index in [2.05, 4.69) is 15.6 Å². The Kier molecular flexibility index (Phi) is 8.23. The highest BCUT2D eigenvalue weighted by molar-refractivity contribution is 8.00. The zero-order valence-corrected chi connectivity index (χ0v) is 21.6. The lowest BCUT2D eigenvalue weighted by molar-refractivity contribution is -0.116. The van der Waals surface area contributed by atoms with Gasteiger partial charge in [0.05, 0.1) is 17.4 Å². The Bertz CT molecular complexity index is 1320. The topological polar surface area (TPSA) is 71.1 Å². The van der Waals surface area contributed by atoms with E-state index < -0.39 is 0 Å². The molecule has 0 aliphatic carbocycles. The summed E-state index contributed by atoms with van der Waals surface area (Å²) in [6.45, 7) is 3.89. The van der Waals surface area contributed by atoms with Crippen LogP contribution in [0.2, 0.25) is 5.02 Å². The van der Waals surface area contributed by atoms with Crippen LogP contribution >= 0.6 is 34.7 Å². The van der Waals surface area contributed by atoms with E-state index in [9.17, 15) is 9.59 Å². The van der Waals surface area contributed by atoms with E-state index in [4.69, 9.17) is 11.6 Å². The average molecular weight is 522 g/mol. The molecule has 4 rings (SSSR count). The number of thiazole rings is 1. The number of halogens is 1. The second-order valence-corrected chi connectivity index (χ2v) is 10.7. The average Bonchev–Trinajstić information content (AvgIpc) is 3.29. The summed E-state index contributed by atoms with van der Waals surface area (Å²) in [4.78, 5) is 30.6. The lowest BCUT2D eigenvalue weighted by Crippen LogP contribution is -2.22. The van der Waals surface area contributed by atoms with E-state index in [0.717, 1.165) is 21.7 Å². The number of anilines is 2. The van der Waals surface area contributed by atoms with E-state index >= 15 is 0 Å². The minimum Gasteiger partial charge on any atom is -0.326 e. The fourth-order valence-corrected chi connectivity index (χ4v) is 5.07. The maximum absolute atomic E-state index is 12.8. The molecule has 0 aliphatic rings. The van der Waals surface area contributed by atoms with Crippen LogP contribution < -0.4 is 10.6 Å². The number of nitrogens with one attached hydrogen (secondary N) is 2. The van der Waals surface area contributed by atoms with Crippen molar-refractivity contribution in [1.29, 1.82) is 0 Å². The minimum absolute atomic E-state index is 0.117. The zero-order valence-electron chi connectivity index (χ0n) is 19.2. The van der Waals surface area contributed by atoms with Gasteiger partial charge in [0.25, 0.3) is 0 Å². The van der Waals surface area contributed by atoms with Crippen LogP contribution in [0.15, 0.2) is 83.1 Å². The molecule has 0 spiro atoms. The summed E-state index contributed by atoms with van der Waals surface area (Å²) in [5.41, 5.74) is 4.62. The first-order valence-electron chi connectivity index (χ1n) is 11.0. The van der Waals surface area contributed by atoms with Gasteiger partial charge in [0.15, 0.2) is 5.13 Å². The molecule has 0 aliphatic heterocycles. The van der Waals surface area contributed by atoms with Gasteiger partial charge in [-0.1, -0.05) is 59.6 Å². The van der Waals surface area contributed by atoms with Crippen LogP contribution in [-0.4, -0.2) is 22.0 Å². The summed E-state index contributed by atoms with van der Waals surface area (Å²) in [7, 11) is 0. The first kappa shape index (κ1) is 25.0. The van der Waals surface area contributed by atoms with Crippen molar-refractivity contribution < 1.29 is 9.59 Å². The normalized spacial score (nSPS) is 11.6. The van der Waals surface area contributed by atoms with Crippen molar-refractivity contribution in [3.05, 3.63) is 94.3 Å². The maximum atomic E-state index is 12.8. The van der Waals surface area contributed by atoms with Crippen molar-refractivity contribution in [3.63, 3.8) is 0 Å². The Balaban J connectivity index is 1.32. The van der Waals surface area contributed by atoms with Crippen LogP contribution in [0.3, 0.4) is 0 Å². The highest BCUT2D eigenvalue weighted by atomic mass is 35.5. The van der Waals surface area contributed by atoms with Gasteiger partial charge in [-0.25, -0.2) is 4.98 Å². The minimum atomic E-state index is -0.346. The SMILES string of the molecule is Cc1ccc(-c2csc(NC(=O)C(C)Sc3cccc(NC(=O)Cc4ccc(Cl)cc4)c3)n2)cc1. The second-order valence-electron chi connectivity index (χ2n) is 8.03. The fraction of sp³-hybridized carbons (Fsp3) is 0.148. The van der Waals surface area contributed by atoms with Gasteiger partial charge in [0, 0.05) is 26.5 Å². The molecule has 2 amide bonds. The third-order valence-electron chi connectivity index (χ3n) is 5.16. The van der Waals surface area contributed by atoms with Gasteiger partial charge in [-0.3, -0.25) is 9.59 Å². The lowest BCUT2D eigenvalue weighted by atomic mass is 10.1. The molecule has 3 aromatic carbocycles. The number of nitrogens with zero attached hydrogens (tertiary/aromatic N) is 1. The highest BCUT2D eigenvalue weighted by Gasteiger charge is 2.17. The number of thioether (sulfide) groups is 1. The Labute approximate surface area is 218 Å². The molecule has 0 saturated carbocycles. The summed E-state index contributed by atoms with van der Waals surface area (Å²) < 4.78 is 0. The molecule has 1 heterocycles. The van der Waals surface area contributed by atoms with Crippen LogP contribution in [0.4, 0.5) is 10.8 Å². The Morgan fingerprint density at radius 2 is 1.77 bits per heavy atom. The molecule has 2 N–H and O–H groups in total. The van der Waals surface area contributed by atoms with Gasteiger partial charge < -0.3 is 10.6 Å². The van der Waals surface area contributed by atoms with Crippen LogP contribution in [-0.2, 0) is 16.0 Å². The molecule has 178 valence electrons. The Morgan fingerprint density at radius 3 is 2.51 bits per heavy atom. The van der Waals surface area contributed by atoms with E-state index in [-0.39, 0.29) is 23.5 Å². The number of hydrogen-bond acceptors (Lipinski definition) is 5. The van der Waals surface area contributed by atoms with Crippen molar-refractivity contribution in [2.24, 2.45) is 0 Å². The number of carbonyl (C=O) groups excluding carboxylic acids is 2. The third kappa shape index (κ3) is 7.18. The van der Waals surface area contributed by atoms with Gasteiger partial charge >= 0.3 is 0 Å². The van der Waals surface area contributed by atoms with Crippen LogP contribution in [0, 0.1) is 6.92 Å². The van der Waals surface area contributed by atoms with Crippen molar-refractivity contribution in [3.8, 4) is 11.3 Å². The van der Waals surface area contributed by atoms with Gasteiger partial charge in [-0.05, 0) is 49.7 Å². The zero-order chi connectivity index (χ0) is 24.8. The number of rotatable bonds is 8. The number of amides is 2. The quantitative estimate of drug-likeness (QED) is 0.243. The molecular weight excluding hydrogens is 498 g/mol. The monoisotopic (exact) mass is 521 g/mol. The Hall–Kier alpha value is -3.13. The number of aryl methyl sites for hydroxylation is 1. The third-order valence-corrected chi connectivity index (χ3v) is 7.26. The van der Waals surface area contributed by atoms with Crippen LogP contribution in [0.1, 0.15) is 18.1 Å². The van der Waals surface area contributed by atoms with Gasteiger partial charge in [0.1, 0.15) is 0 Å². The molecule has 35 heavy (non-hydrogen) atoms. The van der Waals surface area contributed by atoms with Crippen LogP contribution in [0.25, 0.3) is 11.3 Å². The molecule has 0 fully saturated rings. The number of aromatic nitrogens is 1. The summed E-state index contributed by atoms with van der Waals surface area (Å²) in [5.74, 6) is -0.245. The first-order valence-corrected chi connectivity index (χ1v) is 13.1. The largest absolute Gasteiger partial charge is 0.326 e. The van der Waals surface area contributed by atoms with Gasteiger partial charge in [0.2, 0.25) is 11.8 Å². The van der Waals surface area contributed by atoms with Crippen molar-refractivity contribution in [1.82, 2.24) is 4.98 Å². The molecule has 1 atom stereocenters. The summed E-state index contributed by atoms with van der Waals surface area (Å²) >= 11 is 8.73. The number of carbonyl (C=O) groups is 2. The van der Waals surface area contributed by atoms with Crippen molar-refractivity contribution >= 4 is 57.3 Å². The summed E-state index contributed by atoms with van der Waals surface area (Å²) in [5, 5.41) is 8.63. The number of benzene rings is 3. The lowest BCUT2D eigenvalue weighted by Gasteiger charge is -2.12. The fourth-order valence-electron chi connectivity index (χ4n) is 3.29. The molecule has 8 heteroatoms. The van der Waals surface area contributed by atoms with E-state index in [1.807, 2.05) is 79.9 Å². The second kappa shape index (κ2) is 11.5. The number of hydrogen-bond donors (Lipinski definition) is 2. The summed E-state index contributed by atoms with van der Waals surface area (Å²) in [6.07, 6.45) is 0.256. The van der Waals surface area contributed by atoms with Gasteiger partial charge in [-0.15, -0.1) is 23.1 Å². The molecule has 0 radical (unpaired) electrons. The van der Waals surface area contributed by atoms with E-state index in [0.29, 0.717) is 15.8 Å². The van der Waals surface area contributed by atoms with E-state index in [1.165, 1.54) is 28.7 Å². The molecular formula is C27H24ClN3O2S2. The predicted octanol–water partition coefficient (Wildman–Crippen LogP) is 7.07. The van der Waals surface area contributed by atoms with Crippen molar-refractivity contribution in [2.75, 3.05) is 10.6 Å². The molecule has 1 unspecified atom stereocenters. The summed E-state index contributed by atoms with van der Waals surface area (Å²) in [6, 6.07) is 22.8. The molecule has 1 aromatic heterocycles. The standard InChI is InChI=1S/C27H24ClN3O2S2/c1-17-6-10-20(11-7-17)24-16-34-27(30-24)31-26(33)18(2)35-23-5-3-4-22(15-23)29-25(32)14-19-8-12-21(28)13-9-19/h3-13,15-16,18H,14H2,1-2H3,(H,29,32)(H,30,31,33). The van der Waals surface area contributed by atoms with Crippen LogP contribution in [0.5, 0.6) is 0 Å². The molecule has 0 saturated heterocycles.